The topological polar surface area (TPSA) is 113 Å². The van der Waals surface area contributed by atoms with Crippen LogP contribution in [0.15, 0.2) is 36.8 Å². The highest BCUT2D eigenvalue weighted by Gasteiger charge is 2.38. The van der Waals surface area contributed by atoms with E-state index in [1.54, 1.807) is 30.8 Å². The van der Waals surface area contributed by atoms with E-state index >= 15 is 0 Å². The van der Waals surface area contributed by atoms with Gasteiger partial charge in [-0.05, 0) is 51.8 Å². The van der Waals surface area contributed by atoms with Crippen LogP contribution in [-0.2, 0) is 9.53 Å². The number of carbonyl (C=O) groups excluding carboxylic acids is 1. The first-order valence-electron chi connectivity index (χ1n) is 11.2. The van der Waals surface area contributed by atoms with Crippen LogP contribution in [0.1, 0.15) is 39.2 Å². The molecular formula is C25H29N5O4. The lowest BCUT2D eigenvalue weighted by molar-refractivity contribution is -0.152. The standard InChI is InChI=1S/C25H29N5O4/c1-24(2,32)16-34-19-11-20(22-18(12-26)14-28-30(22)15-19)17-5-6-21(27-13-17)29-9-7-25(3,8-10-29)23(31)33-4/h5-6,11,13-15,32H,7-10,16H2,1-4H3. The molecule has 1 aliphatic rings. The summed E-state index contributed by atoms with van der Waals surface area (Å²) in [7, 11) is 1.43. The van der Waals surface area contributed by atoms with E-state index in [4.69, 9.17) is 9.47 Å². The second kappa shape index (κ2) is 8.95. The van der Waals surface area contributed by atoms with E-state index in [9.17, 15) is 15.2 Å². The van der Waals surface area contributed by atoms with E-state index in [-0.39, 0.29) is 12.6 Å². The first kappa shape index (κ1) is 23.5. The van der Waals surface area contributed by atoms with Gasteiger partial charge in [-0.3, -0.25) is 4.79 Å². The van der Waals surface area contributed by atoms with Crippen molar-refractivity contribution < 1.29 is 19.4 Å². The molecule has 1 N–H and O–H groups in total. The molecule has 0 spiro atoms. The molecule has 0 aliphatic carbocycles. The molecule has 0 aromatic carbocycles. The number of methoxy groups -OCH3 is 1. The number of esters is 1. The fourth-order valence-electron chi connectivity index (χ4n) is 4.15. The molecule has 0 unspecified atom stereocenters. The van der Waals surface area contributed by atoms with Gasteiger partial charge < -0.3 is 19.5 Å². The number of rotatable bonds is 6. The first-order valence-corrected chi connectivity index (χ1v) is 11.2. The van der Waals surface area contributed by atoms with Crippen LogP contribution in [0.25, 0.3) is 16.6 Å². The lowest BCUT2D eigenvalue weighted by Gasteiger charge is -2.37. The Morgan fingerprint density at radius 2 is 2.03 bits per heavy atom. The Bertz CT molecular complexity index is 1230. The zero-order valence-electron chi connectivity index (χ0n) is 19.9. The van der Waals surface area contributed by atoms with Gasteiger partial charge in [0.2, 0.25) is 0 Å². The third-order valence-corrected chi connectivity index (χ3v) is 6.23. The number of hydrogen-bond acceptors (Lipinski definition) is 8. The van der Waals surface area contributed by atoms with Gasteiger partial charge in [-0.25, -0.2) is 9.50 Å². The van der Waals surface area contributed by atoms with Crippen molar-refractivity contribution in [3.63, 3.8) is 0 Å². The second-order valence-corrected chi connectivity index (χ2v) is 9.60. The molecule has 3 aromatic heterocycles. The van der Waals surface area contributed by atoms with E-state index in [2.05, 4.69) is 21.1 Å². The highest BCUT2D eigenvalue weighted by molar-refractivity contribution is 5.85. The van der Waals surface area contributed by atoms with Gasteiger partial charge in [0.15, 0.2) is 0 Å². The quantitative estimate of drug-likeness (QED) is 0.555. The zero-order chi connectivity index (χ0) is 24.5. The minimum Gasteiger partial charge on any atom is -0.489 e. The van der Waals surface area contributed by atoms with Crippen molar-refractivity contribution in [2.75, 3.05) is 31.7 Å². The Morgan fingerprint density at radius 3 is 2.62 bits per heavy atom. The van der Waals surface area contributed by atoms with E-state index in [0.717, 1.165) is 16.9 Å². The van der Waals surface area contributed by atoms with Gasteiger partial charge in [0.1, 0.15) is 24.2 Å². The van der Waals surface area contributed by atoms with Crippen LogP contribution in [-0.4, -0.2) is 58.1 Å². The van der Waals surface area contributed by atoms with Gasteiger partial charge >= 0.3 is 5.97 Å². The normalized spacial score (nSPS) is 15.7. The predicted molar refractivity (Wildman–Crippen MR) is 127 cm³/mol. The number of aromatic nitrogens is 3. The molecule has 178 valence electrons. The first-order chi connectivity index (χ1) is 16.1. The molecule has 9 heteroatoms. The molecule has 34 heavy (non-hydrogen) atoms. The average Bonchev–Trinajstić information content (AvgIpc) is 3.25. The Balaban J connectivity index is 1.61. The van der Waals surface area contributed by atoms with Crippen molar-refractivity contribution in [1.29, 1.82) is 5.26 Å². The molecule has 0 atom stereocenters. The number of fused-ring (bicyclic) bond motifs is 1. The molecule has 0 saturated carbocycles. The average molecular weight is 464 g/mol. The van der Waals surface area contributed by atoms with Gasteiger partial charge in [0, 0.05) is 30.4 Å². The number of carbonyl (C=O) groups is 1. The smallest absolute Gasteiger partial charge is 0.311 e. The summed E-state index contributed by atoms with van der Waals surface area (Å²) in [4.78, 5) is 18.9. The molecule has 1 saturated heterocycles. The maximum absolute atomic E-state index is 12.1. The fourth-order valence-corrected chi connectivity index (χ4v) is 4.15. The third kappa shape index (κ3) is 4.68. The molecule has 0 amide bonds. The van der Waals surface area contributed by atoms with Gasteiger partial charge in [-0.15, -0.1) is 0 Å². The van der Waals surface area contributed by atoms with Crippen LogP contribution in [0.3, 0.4) is 0 Å². The van der Waals surface area contributed by atoms with Crippen LogP contribution >= 0.6 is 0 Å². The number of nitrogens with zero attached hydrogens (tertiary/aromatic N) is 5. The van der Waals surface area contributed by atoms with Gasteiger partial charge in [0.05, 0.1) is 41.6 Å². The van der Waals surface area contributed by atoms with E-state index in [0.29, 0.717) is 42.8 Å². The Kier molecular flexibility index (Phi) is 6.19. The Labute approximate surface area is 198 Å². The fraction of sp³-hybridized carbons (Fsp3) is 0.440. The van der Waals surface area contributed by atoms with Crippen molar-refractivity contribution in [3.8, 4) is 22.9 Å². The van der Waals surface area contributed by atoms with Crippen LogP contribution in [0.2, 0.25) is 0 Å². The summed E-state index contributed by atoms with van der Waals surface area (Å²) in [5.74, 6) is 1.19. The molecule has 9 nitrogen and oxygen atoms in total. The number of hydrogen-bond donors (Lipinski definition) is 1. The molecule has 1 fully saturated rings. The van der Waals surface area contributed by atoms with Crippen LogP contribution in [0, 0.1) is 16.7 Å². The molecule has 1 aliphatic heterocycles. The predicted octanol–water partition coefficient (Wildman–Crippen LogP) is 3.20. The Morgan fingerprint density at radius 1 is 1.29 bits per heavy atom. The molecule has 3 aromatic rings. The summed E-state index contributed by atoms with van der Waals surface area (Å²) in [6.07, 6.45) is 6.38. The van der Waals surface area contributed by atoms with Gasteiger partial charge in [0.25, 0.3) is 0 Å². The summed E-state index contributed by atoms with van der Waals surface area (Å²) in [5.41, 5.74) is 1.24. The van der Waals surface area contributed by atoms with Crippen molar-refractivity contribution >= 4 is 17.3 Å². The van der Waals surface area contributed by atoms with Gasteiger partial charge in [-0.1, -0.05) is 0 Å². The minimum absolute atomic E-state index is 0.112. The molecular weight excluding hydrogens is 434 g/mol. The highest BCUT2D eigenvalue weighted by Crippen LogP contribution is 2.35. The summed E-state index contributed by atoms with van der Waals surface area (Å²) in [6, 6.07) is 7.93. The third-order valence-electron chi connectivity index (χ3n) is 6.23. The molecule has 4 heterocycles. The maximum Gasteiger partial charge on any atom is 0.311 e. The number of piperidine rings is 1. The number of anilines is 1. The Hall–Kier alpha value is -3.64. The van der Waals surface area contributed by atoms with Crippen LogP contribution < -0.4 is 9.64 Å². The minimum atomic E-state index is -0.987. The summed E-state index contributed by atoms with van der Waals surface area (Å²) in [5, 5.41) is 23.9. The summed E-state index contributed by atoms with van der Waals surface area (Å²) < 4.78 is 12.4. The monoisotopic (exact) mass is 463 g/mol. The largest absolute Gasteiger partial charge is 0.489 e. The summed E-state index contributed by atoms with van der Waals surface area (Å²) in [6.45, 7) is 6.83. The highest BCUT2D eigenvalue weighted by atomic mass is 16.5. The zero-order valence-corrected chi connectivity index (χ0v) is 19.9. The van der Waals surface area contributed by atoms with Crippen molar-refractivity contribution in [3.05, 3.63) is 42.4 Å². The number of ether oxygens (including phenoxy) is 2. The van der Waals surface area contributed by atoms with Crippen molar-refractivity contribution in [2.24, 2.45) is 5.41 Å². The molecule has 4 rings (SSSR count). The van der Waals surface area contributed by atoms with Crippen molar-refractivity contribution in [2.45, 2.75) is 39.2 Å². The lowest BCUT2D eigenvalue weighted by Crippen LogP contribution is -2.43. The van der Waals surface area contributed by atoms with Crippen molar-refractivity contribution in [1.82, 2.24) is 14.6 Å². The van der Waals surface area contributed by atoms with E-state index in [1.165, 1.54) is 13.3 Å². The van der Waals surface area contributed by atoms with E-state index in [1.807, 2.05) is 25.1 Å². The summed E-state index contributed by atoms with van der Waals surface area (Å²) >= 11 is 0. The lowest BCUT2D eigenvalue weighted by atomic mass is 9.80. The maximum atomic E-state index is 12.1. The number of nitriles is 1. The second-order valence-electron chi connectivity index (χ2n) is 9.60. The molecule has 0 bridgehead atoms. The SMILES string of the molecule is COC(=O)C1(C)CCN(c2ccc(-c3cc(OCC(C)(C)O)cn4ncc(C#N)c34)cn2)CC1. The van der Waals surface area contributed by atoms with Gasteiger partial charge in [-0.2, -0.15) is 10.4 Å². The van der Waals surface area contributed by atoms with Crippen LogP contribution in [0.5, 0.6) is 5.75 Å². The van der Waals surface area contributed by atoms with E-state index < -0.39 is 11.0 Å². The van der Waals surface area contributed by atoms with Crippen LogP contribution in [0.4, 0.5) is 5.82 Å². The number of aliphatic hydroxyl groups is 1. The molecule has 0 radical (unpaired) electrons. The number of pyridine rings is 2.